The Morgan fingerprint density at radius 2 is 2.50 bits per heavy atom. The van der Waals surface area contributed by atoms with E-state index in [0.29, 0.717) is 6.61 Å². The number of nitrogens with zero attached hydrogens (tertiary/aromatic N) is 2. The fourth-order valence-electron chi connectivity index (χ4n) is 0.712. The Kier molecular flexibility index (Phi) is 3.70. The molecule has 1 aromatic rings. The molecule has 1 atom stereocenters. The fourth-order valence-corrected chi connectivity index (χ4v) is 0.767. The van der Waals surface area contributed by atoms with Crippen molar-refractivity contribution < 1.29 is 9.53 Å². The van der Waals surface area contributed by atoms with E-state index in [-0.39, 0.29) is 17.9 Å². The zero-order chi connectivity index (χ0) is 10.6. The van der Waals surface area contributed by atoms with Crippen LogP contribution in [0, 0.1) is 0 Å². The van der Waals surface area contributed by atoms with Gasteiger partial charge in [0, 0.05) is 0 Å². The van der Waals surface area contributed by atoms with E-state index in [9.17, 15) is 4.79 Å². The van der Waals surface area contributed by atoms with Crippen LogP contribution in [0.3, 0.4) is 0 Å². The van der Waals surface area contributed by atoms with E-state index >= 15 is 0 Å². The first-order valence-electron chi connectivity index (χ1n) is 4.13. The molecule has 0 aliphatic carbocycles. The highest BCUT2D eigenvalue weighted by atomic mass is 35.5. The molecule has 0 saturated carbocycles. The van der Waals surface area contributed by atoms with Gasteiger partial charge in [-0.05, 0) is 13.8 Å². The van der Waals surface area contributed by atoms with Gasteiger partial charge in [-0.3, -0.25) is 10.1 Å². The van der Waals surface area contributed by atoms with Crippen molar-refractivity contribution in [1.29, 1.82) is 0 Å². The highest BCUT2D eigenvalue weighted by Gasteiger charge is 2.11. The molecule has 0 aromatic carbocycles. The lowest BCUT2D eigenvalue weighted by Crippen LogP contribution is -2.21. The van der Waals surface area contributed by atoms with Gasteiger partial charge in [-0.15, -0.1) is 16.7 Å². The number of carbonyl (C=O) groups is 1. The van der Waals surface area contributed by atoms with Crippen LogP contribution in [0.5, 0.6) is 6.01 Å². The third-order valence-electron chi connectivity index (χ3n) is 1.34. The Balaban J connectivity index is 2.55. The minimum Gasteiger partial charge on any atom is -0.463 e. The summed E-state index contributed by atoms with van der Waals surface area (Å²) in [5, 5.41) is 8.03. The van der Waals surface area contributed by atoms with Gasteiger partial charge in [0.25, 0.3) is 0 Å². The van der Waals surface area contributed by atoms with Crippen molar-refractivity contribution in [2.24, 2.45) is 0 Å². The normalized spacial score (nSPS) is 12.2. The molecule has 0 radical (unpaired) electrons. The standard InChI is InChI=1S/C7H11ClN4O2/c1-3-14-7-10-6(11-12-7)9-5(13)4(2)8/h4H,3H2,1-2H3,(H2,9,10,11,12,13). The molecule has 0 spiro atoms. The summed E-state index contributed by atoms with van der Waals surface area (Å²) >= 11 is 5.54. The highest BCUT2D eigenvalue weighted by molar-refractivity contribution is 6.32. The second-order valence-electron chi connectivity index (χ2n) is 2.50. The van der Waals surface area contributed by atoms with Gasteiger partial charge in [-0.1, -0.05) is 0 Å². The number of ether oxygens (including phenoxy) is 1. The van der Waals surface area contributed by atoms with Crippen LogP contribution < -0.4 is 10.1 Å². The number of hydrogen-bond acceptors (Lipinski definition) is 4. The summed E-state index contributed by atoms with van der Waals surface area (Å²) in [6.07, 6.45) is 0. The summed E-state index contributed by atoms with van der Waals surface area (Å²) in [7, 11) is 0. The molecule has 0 saturated heterocycles. The minimum atomic E-state index is -0.615. The number of anilines is 1. The predicted molar refractivity (Wildman–Crippen MR) is 51.5 cm³/mol. The molecular formula is C7H11ClN4O2. The van der Waals surface area contributed by atoms with Crippen molar-refractivity contribution in [3.05, 3.63) is 0 Å². The SMILES string of the molecule is CCOc1n[nH]c(NC(=O)C(C)Cl)n1. The zero-order valence-electron chi connectivity index (χ0n) is 7.87. The minimum absolute atomic E-state index is 0.199. The number of nitrogens with one attached hydrogen (secondary N) is 2. The quantitative estimate of drug-likeness (QED) is 0.732. The summed E-state index contributed by atoms with van der Waals surface area (Å²) in [5.41, 5.74) is 0. The lowest BCUT2D eigenvalue weighted by Gasteiger charge is -2.00. The molecule has 0 fully saturated rings. The highest BCUT2D eigenvalue weighted by Crippen LogP contribution is 2.06. The Labute approximate surface area is 86.0 Å². The van der Waals surface area contributed by atoms with Crippen molar-refractivity contribution in [1.82, 2.24) is 15.2 Å². The smallest absolute Gasteiger partial charge is 0.337 e. The third kappa shape index (κ3) is 2.88. The first-order valence-corrected chi connectivity index (χ1v) is 4.57. The first kappa shape index (κ1) is 10.8. The molecule has 2 N–H and O–H groups in total. The molecular weight excluding hydrogens is 208 g/mol. The van der Waals surface area contributed by atoms with E-state index in [1.54, 1.807) is 6.92 Å². The number of amides is 1. The number of hydrogen-bond donors (Lipinski definition) is 2. The van der Waals surface area contributed by atoms with Gasteiger partial charge >= 0.3 is 6.01 Å². The van der Waals surface area contributed by atoms with Gasteiger partial charge in [-0.25, -0.2) is 5.10 Å². The summed E-state index contributed by atoms with van der Waals surface area (Å²) in [4.78, 5) is 15.0. The maximum Gasteiger partial charge on any atom is 0.337 e. The van der Waals surface area contributed by atoms with Gasteiger partial charge in [0.05, 0.1) is 6.61 Å². The monoisotopic (exact) mass is 218 g/mol. The molecule has 1 rings (SSSR count). The van der Waals surface area contributed by atoms with Crippen molar-refractivity contribution >= 4 is 23.5 Å². The molecule has 0 bridgehead atoms. The molecule has 7 heteroatoms. The first-order chi connectivity index (χ1) is 6.63. The molecule has 78 valence electrons. The Hall–Kier alpha value is -1.30. The van der Waals surface area contributed by atoms with Crippen LogP contribution in [-0.4, -0.2) is 33.1 Å². The molecule has 1 unspecified atom stereocenters. The molecule has 0 aliphatic heterocycles. The summed E-state index contributed by atoms with van der Waals surface area (Å²) in [5.74, 6) is -0.114. The van der Waals surface area contributed by atoms with E-state index in [1.807, 2.05) is 6.92 Å². The number of carbonyl (C=O) groups excluding carboxylic acids is 1. The van der Waals surface area contributed by atoms with Crippen LogP contribution in [0.2, 0.25) is 0 Å². The van der Waals surface area contributed by atoms with E-state index in [1.165, 1.54) is 0 Å². The van der Waals surface area contributed by atoms with Gasteiger partial charge in [0.2, 0.25) is 11.9 Å². The number of halogens is 1. The molecule has 0 aliphatic rings. The van der Waals surface area contributed by atoms with Crippen molar-refractivity contribution in [3.8, 4) is 6.01 Å². The van der Waals surface area contributed by atoms with Crippen LogP contribution in [0.25, 0.3) is 0 Å². The van der Waals surface area contributed by atoms with Crippen molar-refractivity contribution in [3.63, 3.8) is 0 Å². The topological polar surface area (TPSA) is 79.9 Å². The third-order valence-corrected chi connectivity index (χ3v) is 1.54. The number of aromatic nitrogens is 3. The number of rotatable bonds is 4. The lowest BCUT2D eigenvalue weighted by atomic mass is 10.4. The fraction of sp³-hybridized carbons (Fsp3) is 0.571. The Bertz CT molecular complexity index is 312. The van der Waals surface area contributed by atoms with Crippen LogP contribution in [0.15, 0.2) is 0 Å². The zero-order valence-corrected chi connectivity index (χ0v) is 8.63. The van der Waals surface area contributed by atoms with Gasteiger partial charge < -0.3 is 4.74 Å². The number of aromatic amines is 1. The Morgan fingerprint density at radius 3 is 3.07 bits per heavy atom. The maximum absolute atomic E-state index is 11.1. The molecule has 1 aromatic heterocycles. The van der Waals surface area contributed by atoms with Crippen LogP contribution in [0.4, 0.5) is 5.95 Å². The summed E-state index contributed by atoms with van der Waals surface area (Å²) in [6.45, 7) is 3.85. The van der Waals surface area contributed by atoms with Crippen LogP contribution >= 0.6 is 11.6 Å². The van der Waals surface area contributed by atoms with Crippen LogP contribution in [-0.2, 0) is 4.79 Å². The van der Waals surface area contributed by atoms with Crippen molar-refractivity contribution in [2.75, 3.05) is 11.9 Å². The molecule has 6 nitrogen and oxygen atoms in total. The Morgan fingerprint density at radius 1 is 1.79 bits per heavy atom. The van der Waals surface area contributed by atoms with E-state index in [0.717, 1.165) is 0 Å². The summed E-state index contributed by atoms with van der Waals surface area (Å²) in [6, 6.07) is 0.199. The second-order valence-corrected chi connectivity index (χ2v) is 3.16. The average molecular weight is 219 g/mol. The van der Waals surface area contributed by atoms with Gasteiger partial charge in [-0.2, -0.15) is 4.98 Å². The van der Waals surface area contributed by atoms with E-state index in [4.69, 9.17) is 16.3 Å². The molecule has 1 heterocycles. The maximum atomic E-state index is 11.1. The molecule has 1 amide bonds. The van der Waals surface area contributed by atoms with E-state index < -0.39 is 5.38 Å². The summed E-state index contributed by atoms with van der Waals surface area (Å²) < 4.78 is 4.99. The van der Waals surface area contributed by atoms with Gasteiger partial charge in [0.1, 0.15) is 5.38 Å². The van der Waals surface area contributed by atoms with Gasteiger partial charge in [0.15, 0.2) is 0 Å². The number of H-pyrrole nitrogens is 1. The lowest BCUT2D eigenvalue weighted by molar-refractivity contribution is -0.115. The predicted octanol–water partition coefficient (Wildman–Crippen LogP) is 0.769. The van der Waals surface area contributed by atoms with Crippen molar-refractivity contribution in [2.45, 2.75) is 19.2 Å². The molecule has 14 heavy (non-hydrogen) atoms. The largest absolute Gasteiger partial charge is 0.463 e. The second kappa shape index (κ2) is 4.80. The van der Waals surface area contributed by atoms with Crippen LogP contribution in [0.1, 0.15) is 13.8 Å². The average Bonchev–Trinajstić information content (AvgIpc) is 2.53. The number of alkyl halides is 1. The van der Waals surface area contributed by atoms with E-state index in [2.05, 4.69) is 20.5 Å².